The predicted molar refractivity (Wildman–Crippen MR) is 84.8 cm³/mol. The number of sulfonamides is 1. The molecule has 0 heterocycles. The monoisotopic (exact) mass is 314 g/mol. The van der Waals surface area contributed by atoms with Crippen molar-refractivity contribution in [3.63, 3.8) is 0 Å². The number of hydrogen-bond acceptors (Lipinski definition) is 4. The highest BCUT2D eigenvalue weighted by molar-refractivity contribution is 7.89. The van der Waals surface area contributed by atoms with E-state index in [2.05, 4.69) is 10.0 Å². The maximum atomic E-state index is 12.6. The Labute approximate surface area is 128 Å². The Balaban J connectivity index is 3.10. The van der Waals surface area contributed by atoms with Gasteiger partial charge in [-0.15, -0.1) is 0 Å². The summed E-state index contributed by atoms with van der Waals surface area (Å²) in [5, 5.41) is 3.05. The molecule has 6 heteroatoms. The van der Waals surface area contributed by atoms with Crippen molar-refractivity contribution in [1.82, 2.24) is 10.0 Å². The fourth-order valence-electron chi connectivity index (χ4n) is 2.14. The fourth-order valence-corrected chi connectivity index (χ4v) is 3.80. The first kappa shape index (κ1) is 18.1. The van der Waals surface area contributed by atoms with Crippen molar-refractivity contribution >= 4 is 10.0 Å². The van der Waals surface area contributed by atoms with Gasteiger partial charge in [0.1, 0.15) is 0 Å². The third kappa shape index (κ3) is 4.78. The number of nitrogens with one attached hydrogen (secondary N) is 2. The molecule has 0 fully saturated rings. The molecule has 0 aliphatic carbocycles. The molecule has 0 aliphatic heterocycles. The molecule has 5 nitrogen and oxygen atoms in total. The molecular weight excluding hydrogens is 288 g/mol. The molecule has 0 amide bonds. The topological polar surface area (TPSA) is 67.4 Å². The van der Waals surface area contributed by atoms with Gasteiger partial charge in [-0.3, -0.25) is 0 Å². The fraction of sp³-hybridized carbons (Fsp3) is 0.600. The van der Waals surface area contributed by atoms with E-state index in [0.29, 0.717) is 18.0 Å². The lowest BCUT2D eigenvalue weighted by Gasteiger charge is -2.22. The van der Waals surface area contributed by atoms with E-state index in [9.17, 15) is 8.42 Å². The Morgan fingerprint density at radius 3 is 2.48 bits per heavy atom. The SMILES string of the molecule is CNCc1cccc(S(=O)(=O)NC(COC)C(C)C)c1C. The second-order valence-corrected chi connectivity index (χ2v) is 7.18. The third-order valence-electron chi connectivity index (χ3n) is 3.51. The van der Waals surface area contributed by atoms with E-state index in [-0.39, 0.29) is 12.0 Å². The van der Waals surface area contributed by atoms with Crippen LogP contribution < -0.4 is 10.0 Å². The van der Waals surface area contributed by atoms with Crippen molar-refractivity contribution in [2.45, 2.75) is 38.3 Å². The third-order valence-corrected chi connectivity index (χ3v) is 5.14. The lowest BCUT2D eigenvalue weighted by atomic mass is 10.1. The highest BCUT2D eigenvalue weighted by Gasteiger charge is 2.24. The average molecular weight is 314 g/mol. The van der Waals surface area contributed by atoms with Gasteiger partial charge >= 0.3 is 0 Å². The summed E-state index contributed by atoms with van der Waals surface area (Å²) in [6.07, 6.45) is 0. The molecule has 0 saturated heterocycles. The Morgan fingerprint density at radius 2 is 1.95 bits per heavy atom. The van der Waals surface area contributed by atoms with Crippen molar-refractivity contribution < 1.29 is 13.2 Å². The first-order valence-electron chi connectivity index (χ1n) is 7.07. The Hall–Kier alpha value is -0.950. The number of hydrogen-bond donors (Lipinski definition) is 2. The minimum Gasteiger partial charge on any atom is -0.383 e. The zero-order chi connectivity index (χ0) is 16.0. The first-order valence-corrected chi connectivity index (χ1v) is 8.56. The quantitative estimate of drug-likeness (QED) is 0.766. The largest absolute Gasteiger partial charge is 0.383 e. The molecule has 1 aromatic carbocycles. The molecule has 1 rings (SSSR count). The lowest BCUT2D eigenvalue weighted by Crippen LogP contribution is -2.41. The maximum Gasteiger partial charge on any atom is 0.241 e. The summed E-state index contributed by atoms with van der Waals surface area (Å²) in [7, 11) is -0.145. The van der Waals surface area contributed by atoms with Crippen molar-refractivity contribution in [3.8, 4) is 0 Å². The molecule has 0 aromatic heterocycles. The summed E-state index contributed by atoms with van der Waals surface area (Å²) in [4.78, 5) is 0.331. The van der Waals surface area contributed by atoms with Crippen molar-refractivity contribution in [3.05, 3.63) is 29.3 Å². The number of benzene rings is 1. The highest BCUT2D eigenvalue weighted by Crippen LogP contribution is 2.20. The summed E-state index contributed by atoms with van der Waals surface area (Å²) in [5.74, 6) is 0.153. The van der Waals surface area contributed by atoms with Gasteiger partial charge in [0.25, 0.3) is 0 Å². The molecule has 0 aliphatic rings. The van der Waals surface area contributed by atoms with Crippen molar-refractivity contribution in [2.24, 2.45) is 5.92 Å². The second kappa shape index (κ2) is 7.89. The summed E-state index contributed by atoms with van der Waals surface area (Å²) in [6.45, 7) is 6.77. The van der Waals surface area contributed by atoms with Crippen LogP contribution in [0.5, 0.6) is 0 Å². The molecule has 0 bridgehead atoms. The minimum absolute atomic E-state index is 0.153. The first-order chi connectivity index (χ1) is 9.83. The Bertz CT molecular complexity index is 556. The van der Waals surface area contributed by atoms with Crippen molar-refractivity contribution in [1.29, 1.82) is 0 Å². The van der Waals surface area contributed by atoms with Crippen LogP contribution in [0.15, 0.2) is 23.1 Å². The Morgan fingerprint density at radius 1 is 1.29 bits per heavy atom. The van der Waals surface area contributed by atoms with E-state index in [1.165, 1.54) is 0 Å². The molecule has 1 unspecified atom stereocenters. The van der Waals surface area contributed by atoms with Gasteiger partial charge in [-0.25, -0.2) is 13.1 Å². The predicted octanol–water partition coefficient (Wildman–Crippen LogP) is 1.66. The molecule has 120 valence electrons. The molecule has 21 heavy (non-hydrogen) atoms. The molecule has 1 atom stereocenters. The molecule has 2 N–H and O–H groups in total. The van der Waals surface area contributed by atoms with Crippen LogP contribution in [-0.2, 0) is 21.3 Å². The maximum absolute atomic E-state index is 12.6. The van der Waals surface area contributed by atoms with Gasteiger partial charge in [-0.1, -0.05) is 26.0 Å². The zero-order valence-corrected chi connectivity index (χ0v) is 14.3. The van der Waals surface area contributed by atoms with Crippen LogP contribution in [-0.4, -0.2) is 35.2 Å². The van der Waals surface area contributed by atoms with Crippen molar-refractivity contribution in [2.75, 3.05) is 20.8 Å². The van der Waals surface area contributed by atoms with E-state index >= 15 is 0 Å². The Kier molecular flexibility index (Phi) is 6.80. The van der Waals surface area contributed by atoms with Crippen LogP contribution >= 0.6 is 0 Å². The van der Waals surface area contributed by atoms with E-state index < -0.39 is 10.0 Å². The molecular formula is C15H26N2O3S. The van der Waals surface area contributed by atoms with Crippen LogP contribution in [0.1, 0.15) is 25.0 Å². The van der Waals surface area contributed by atoms with Gasteiger partial charge in [-0.05, 0) is 37.1 Å². The molecule has 0 saturated carbocycles. The smallest absolute Gasteiger partial charge is 0.241 e. The van der Waals surface area contributed by atoms with Gasteiger partial charge in [0.2, 0.25) is 10.0 Å². The van der Waals surface area contributed by atoms with Crippen LogP contribution in [0.25, 0.3) is 0 Å². The molecule has 0 spiro atoms. The zero-order valence-electron chi connectivity index (χ0n) is 13.4. The van der Waals surface area contributed by atoms with Crippen LogP contribution in [0.4, 0.5) is 0 Å². The number of rotatable bonds is 8. The highest BCUT2D eigenvalue weighted by atomic mass is 32.2. The van der Waals surface area contributed by atoms with E-state index in [4.69, 9.17) is 4.74 Å². The van der Waals surface area contributed by atoms with E-state index in [1.807, 2.05) is 33.9 Å². The van der Waals surface area contributed by atoms with Crippen LogP contribution in [0.2, 0.25) is 0 Å². The average Bonchev–Trinajstić information content (AvgIpc) is 2.40. The van der Waals surface area contributed by atoms with E-state index in [1.54, 1.807) is 19.2 Å². The van der Waals surface area contributed by atoms with Crippen LogP contribution in [0.3, 0.4) is 0 Å². The van der Waals surface area contributed by atoms with Gasteiger partial charge in [-0.2, -0.15) is 0 Å². The second-order valence-electron chi connectivity index (χ2n) is 5.50. The van der Waals surface area contributed by atoms with Gasteiger partial charge in [0, 0.05) is 19.7 Å². The van der Waals surface area contributed by atoms with Crippen LogP contribution in [0, 0.1) is 12.8 Å². The molecule has 0 radical (unpaired) electrons. The number of ether oxygens (including phenoxy) is 1. The van der Waals surface area contributed by atoms with Gasteiger partial charge < -0.3 is 10.1 Å². The normalized spacial score (nSPS) is 13.6. The standard InChI is InChI=1S/C15H26N2O3S/c1-11(2)14(10-20-5)17-21(18,19)15-8-6-7-13(9-16-4)12(15)3/h6-8,11,14,16-17H,9-10H2,1-5H3. The summed E-state index contributed by atoms with van der Waals surface area (Å²) in [5.41, 5.74) is 1.76. The van der Waals surface area contributed by atoms with Gasteiger partial charge in [0.15, 0.2) is 0 Å². The van der Waals surface area contributed by atoms with E-state index in [0.717, 1.165) is 11.1 Å². The summed E-state index contributed by atoms with van der Waals surface area (Å²) < 4.78 is 33.1. The minimum atomic E-state index is -3.56. The van der Waals surface area contributed by atoms with Gasteiger partial charge in [0.05, 0.1) is 11.5 Å². The number of methoxy groups -OCH3 is 1. The summed E-state index contributed by atoms with van der Waals surface area (Å²) >= 11 is 0. The summed E-state index contributed by atoms with van der Waals surface area (Å²) in [6, 6.07) is 5.10. The lowest BCUT2D eigenvalue weighted by molar-refractivity contribution is 0.157. The molecule has 1 aromatic rings.